The Balaban J connectivity index is 2.45. The molecule has 0 amide bonds. The summed E-state index contributed by atoms with van der Waals surface area (Å²) in [5.41, 5.74) is 0. The standard InChI is InChI=1S/C10H18O2/c1-3-6-9-7-5-8-10(11,4-2)12-9/h4,9,11H,2-3,5-8H2,1H3. The molecule has 1 saturated heterocycles. The van der Waals surface area contributed by atoms with Gasteiger partial charge in [-0.25, -0.2) is 0 Å². The molecule has 1 fully saturated rings. The number of rotatable bonds is 3. The smallest absolute Gasteiger partial charge is 0.185 e. The highest BCUT2D eigenvalue weighted by atomic mass is 16.6. The Morgan fingerprint density at radius 2 is 2.50 bits per heavy atom. The van der Waals surface area contributed by atoms with Gasteiger partial charge in [0.1, 0.15) is 0 Å². The Bertz CT molecular complexity index is 154. The summed E-state index contributed by atoms with van der Waals surface area (Å²) in [7, 11) is 0. The highest BCUT2D eigenvalue weighted by Gasteiger charge is 2.31. The molecule has 0 radical (unpaired) electrons. The molecular formula is C10H18O2. The number of hydrogen-bond acceptors (Lipinski definition) is 2. The molecular weight excluding hydrogens is 152 g/mol. The van der Waals surface area contributed by atoms with E-state index in [4.69, 9.17) is 4.74 Å². The van der Waals surface area contributed by atoms with Gasteiger partial charge in [0.2, 0.25) is 0 Å². The summed E-state index contributed by atoms with van der Waals surface area (Å²) in [6.07, 6.45) is 6.68. The molecule has 0 aromatic heterocycles. The molecule has 1 heterocycles. The maximum absolute atomic E-state index is 9.74. The molecule has 12 heavy (non-hydrogen) atoms. The van der Waals surface area contributed by atoms with E-state index in [1.165, 1.54) is 6.08 Å². The average Bonchev–Trinajstić information content (AvgIpc) is 2.05. The van der Waals surface area contributed by atoms with E-state index in [2.05, 4.69) is 13.5 Å². The second kappa shape index (κ2) is 4.06. The molecule has 0 aromatic rings. The van der Waals surface area contributed by atoms with Crippen LogP contribution >= 0.6 is 0 Å². The van der Waals surface area contributed by atoms with Crippen LogP contribution in [0.4, 0.5) is 0 Å². The second-order valence-electron chi connectivity index (χ2n) is 3.47. The van der Waals surface area contributed by atoms with E-state index in [-0.39, 0.29) is 6.10 Å². The van der Waals surface area contributed by atoms with Crippen molar-refractivity contribution in [2.75, 3.05) is 0 Å². The Morgan fingerprint density at radius 1 is 1.75 bits per heavy atom. The third kappa shape index (κ3) is 2.32. The van der Waals surface area contributed by atoms with Crippen LogP contribution in [0.25, 0.3) is 0 Å². The molecule has 0 aromatic carbocycles. The van der Waals surface area contributed by atoms with E-state index < -0.39 is 5.79 Å². The molecule has 2 unspecified atom stereocenters. The molecule has 70 valence electrons. The van der Waals surface area contributed by atoms with Crippen molar-refractivity contribution in [1.29, 1.82) is 0 Å². The van der Waals surface area contributed by atoms with Gasteiger partial charge < -0.3 is 9.84 Å². The molecule has 0 aliphatic carbocycles. The Kier molecular flexibility index (Phi) is 3.29. The van der Waals surface area contributed by atoms with Gasteiger partial charge in [0, 0.05) is 6.42 Å². The van der Waals surface area contributed by atoms with E-state index in [0.29, 0.717) is 6.42 Å². The fourth-order valence-corrected chi connectivity index (χ4v) is 1.66. The Hall–Kier alpha value is -0.340. The van der Waals surface area contributed by atoms with Crippen LogP contribution in [-0.2, 0) is 4.74 Å². The molecule has 1 N–H and O–H groups in total. The monoisotopic (exact) mass is 170 g/mol. The van der Waals surface area contributed by atoms with Crippen LogP contribution in [-0.4, -0.2) is 17.0 Å². The zero-order valence-electron chi connectivity index (χ0n) is 7.75. The van der Waals surface area contributed by atoms with Gasteiger partial charge in [-0.15, -0.1) is 0 Å². The molecule has 0 bridgehead atoms. The first-order valence-corrected chi connectivity index (χ1v) is 4.74. The van der Waals surface area contributed by atoms with Gasteiger partial charge in [0.25, 0.3) is 0 Å². The molecule has 2 nitrogen and oxygen atoms in total. The van der Waals surface area contributed by atoms with Crippen molar-refractivity contribution < 1.29 is 9.84 Å². The first kappa shape index (κ1) is 9.75. The molecule has 1 aliphatic heterocycles. The molecule has 0 saturated carbocycles. The van der Waals surface area contributed by atoms with Gasteiger partial charge in [-0.1, -0.05) is 19.9 Å². The Morgan fingerprint density at radius 3 is 3.08 bits per heavy atom. The van der Waals surface area contributed by atoms with E-state index in [1.807, 2.05) is 0 Å². The Labute approximate surface area is 74.2 Å². The van der Waals surface area contributed by atoms with Crippen molar-refractivity contribution in [2.45, 2.75) is 50.9 Å². The molecule has 1 rings (SSSR count). The van der Waals surface area contributed by atoms with Crippen LogP contribution in [0.2, 0.25) is 0 Å². The number of hydrogen-bond donors (Lipinski definition) is 1. The minimum Gasteiger partial charge on any atom is -0.362 e. The van der Waals surface area contributed by atoms with Crippen molar-refractivity contribution in [3.05, 3.63) is 12.7 Å². The lowest BCUT2D eigenvalue weighted by molar-refractivity contribution is -0.222. The topological polar surface area (TPSA) is 29.5 Å². The molecule has 2 atom stereocenters. The van der Waals surface area contributed by atoms with Crippen molar-refractivity contribution in [1.82, 2.24) is 0 Å². The third-order valence-corrected chi connectivity index (χ3v) is 2.36. The van der Waals surface area contributed by atoms with Gasteiger partial charge in [0.05, 0.1) is 6.10 Å². The van der Waals surface area contributed by atoms with E-state index in [1.54, 1.807) is 0 Å². The van der Waals surface area contributed by atoms with Gasteiger partial charge in [-0.2, -0.15) is 0 Å². The second-order valence-corrected chi connectivity index (χ2v) is 3.47. The minimum atomic E-state index is -1.04. The van der Waals surface area contributed by atoms with Crippen LogP contribution < -0.4 is 0 Å². The van der Waals surface area contributed by atoms with Gasteiger partial charge >= 0.3 is 0 Å². The van der Waals surface area contributed by atoms with Crippen molar-refractivity contribution in [2.24, 2.45) is 0 Å². The first-order valence-electron chi connectivity index (χ1n) is 4.74. The molecule has 1 aliphatic rings. The summed E-state index contributed by atoms with van der Waals surface area (Å²) in [6, 6.07) is 0. The third-order valence-electron chi connectivity index (χ3n) is 2.36. The average molecular weight is 170 g/mol. The lowest BCUT2D eigenvalue weighted by atomic mass is 9.99. The number of ether oxygens (including phenoxy) is 1. The van der Waals surface area contributed by atoms with Crippen LogP contribution in [0.1, 0.15) is 39.0 Å². The van der Waals surface area contributed by atoms with Crippen molar-refractivity contribution in [3.8, 4) is 0 Å². The molecule has 2 heteroatoms. The van der Waals surface area contributed by atoms with Crippen LogP contribution in [0.3, 0.4) is 0 Å². The lowest BCUT2D eigenvalue weighted by Gasteiger charge is -2.34. The maximum atomic E-state index is 9.74. The first-order chi connectivity index (χ1) is 5.70. The van der Waals surface area contributed by atoms with Crippen LogP contribution in [0.15, 0.2) is 12.7 Å². The highest BCUT2D eigenvalue weighted by molar-refractivity contribution is 4.91. The van der Waals surface area contributed by atoms with Gasteiger partial charge in [-0.05, 0) is 25.3 Å². The number of aliphatic hydroxyl groups is 1. The summed E-state index contributed by atoms with van der Waals surface area (Å²) in [4.78, 5) is 0. The van der Waals surface area contributed by atoms with E-state index >= 15 is 0 Å². The lowest BCUT2D eigenvalue weighted by Crippen LogP contribution is -2.38. The van der Waals surface area contributed by atoms with Crippen molar-refractivity contribution >= 4 is 0 Å². The van der Waals surface area contributed by atoms with Crippen LogP contribution in [0.5, 0.6) is 0 Å². The predicted molar refractivity (Wildman–Crippen MR) is 48.8 cm³/mol. The quantitative estimate of drug-likeness (QED) is 0.658. The maximum Gasteiger partial charge on any atom is 0.185 e. The predicted octanol–water partition coefficient (Wildman–Crippen LogP) is 2.23. The van der Waals surface area contributed by atoms with Gasteiger partial charge in [0.15, 0.2) is 5.79 Å². The van der Waals surface area contributed by atoms with Crippen molar-refractivity contribution in [3.63, 3.8) is 0 Å². The van der Waals surface area contributed by atoms with E-state index in [9.17, 15) is 5.11 Å². The van der Waals surface area contributed by atoms with Gasteiger partial charge in [-0.3, -0.25) is 0 Å². The summed E-state index contributed by atoms with van der Waals surface area (Å²) < 4.78 is 5.50. The highest BCUT2D eigenvalue weighted by Crippen LogP contribution is 2.29. The molecule has 0 spiro atoms. The summed E-state index contributed by atoms with van der Waals surface area (Å²) >= 11 is 0. The largest absolute Gasteiger partial charge is 0.362 e. The minimum absolute atomic E-state index is 0.228. The fraction of sp³-hybridized carbons (Fsp3) is 0.800. The zero-order chi connectivity index (χ0) is 9.03. The fourth-order valence-electron chi connectivity index (χ4n) is 1.66. The van der Waals surface area contributed by atoms with E-state index in [0.717, 1.165) is 25.7 Å². The summed E-state index contributed by atoms with van der Waals surface area (Å²) in [5.74, 6) is -1.04. The SMILES string of the molecule is C=CC1(O)CCCC(CCC)O1. The summed E-state index contributed by atoms with van der Waals surface area (Å²) in [6.45, 7) is 5.71. The summed E-state index contributed by atoms with van der Waals surface area (Å²) in [5, 5.41) is 9.74. The normalized spacial score (nSPS) is 36.3. The zero-order valence-corrected chi connectivity index (χ0v) is 7.75. The van der Waals surface area contributed by atoms with Crippen LogP contribution in [0, 0.1) is 0 Å².